The van der Waals surface area contributed by atoms with E-state index in [-0.39, 0.29) is 0 Å². The molecule has 0 N–H and O–H groups in total. The van der Waals surface area contributed by atoms with E-state index >= 15 is 70.2 Å². The third kappa shape index (κ3) is 16.9. The summed E-state index contributed by atoms with van der Waals surface area (Å²) in [6.07, 6.45) is -67.0. The molecule has 0 saturated heterocycles. The normalized spacial score (nSPS) is 16.9. The molecule has 2 heterocycles. The molecular formula is C72H38F68N2O4. The molecule has 0 aromatic heterocycles. The first-order valence-electron chi connectivity index (χ1n) is 37.7. The summed E-state index contributed by atoms with van der Waals surface area (Å²) in [6, 6.07) is 4.07. The maximum absolute atomic E-state index is 15.3. The first-order valence-corrected chi connectivity index (χ1v) is 37.7. The van der Waals surface area contributed by atoms with E-state index in [9.17, 15) is 247 Å². The molecule has 836 valence electrons. The monoisotopic (exact) mass is 2290 g/mol. The number of imide groups is 2. The lowest BCUT2D eigenvalue weighted by Gasteiger charge is -2.43. The Morgan fingerprint density at radius 1 is 0.164 bits per heavy atom. The summed E-state index contributed by atoms with van der Waals surface area (Å²) in [6.45, 7) is -4.26. The van der Waals surface area contributed by atoms with Gasteiger partial charge in [-0.3, -0.25) is 29.0 Å². The second-order valence-corrected chi connectivity index (χ2v) is 32.5. The van der Waals surface area contributed by atoms with Crippen molar-refractivity contribution in [2.24, 2.45) is 11.8 Å². The van der Waals surface area contributed by atoms with Crippen LogP contribution in [0.1, 0.15) is 118 Å². The molecule has 146 heavy (non-hydrogen) atoms. The van der Waals surface area contributed by atoms with E-state index in [2.05, 4.69) is 0 Å². The Hall–Kier alpha value is -9.08. The van der Waals surface area contributed by atoms with Gasteiger partial charge in [0.2, 0.25) is 0 Å². The molecule has 6 nitrogen and oxygen atoms in total. The van der Waals surface area contributed by atoms with E-state index < -0.39 is 391 Å². The van der Waals surface area contributed by atoms with E-state index in [0.29, 0.717) is 48.5 Å². The average molecular weight is 2290 g/mol. The second kappa shape index (κ2) is 35.3. The highest BCUT2D eigenvalue weighted by Crippen LogP contribution is 2.72. The van der Waals surface area contributed by atoms with E-state index in [1.54, 1.807) is 0 Å². The number of carbonyl (C=O) groups is 4. The molecule has 0 atom stereocenters. The number of nitrogens with zero attached hydrogens (tertiary/aromatic N) is 2. The van der Waals surface area contributed by atoms with Gasteiger partial charge in [-0.15, -0.1) is 0 Å². The van der Waals surface area contributed by atoms with Crippen LogP contribution >= 0.6 is 0 Å². The lowest BCUT2D eigenvalue weighted by molar-refractivity contribution is -0.461. The van der Waals surface area contributed by atoms with Gasteiger partial charge in [0.25, 0.3) is 23.6 Å². The first kappa shape index (κ1) is 124. The highest BCUT2D eigenvalue weighted by molar-refractivity contribution is 6.41. The lowest BCUT2D eigenvalue weighted by Crippen LogP contribution is -2.74. The topological polar surface area (TPSA) is 74.8 Å². The van der Waals surface area contributed by atoms with Crippen molar-refractivity contribution < 1.29 is 318 Å². The number of halogens is 68. The standard InChI is InChI=1S/C72H38F68N2O4/c73-41(74,45(81,82)49(89,90)53(97,98)57(105,106)61(113,114)65(121,122)69(129,130)131)17-1-5-23(6-2-18-42(75,76)46(83,84)50(91,92)54(99,100)58(107,108)62(115,116)66(123,124)70(132,133)134)21-141-37(143)29-13-9-25-27-11-15-31-36-32(16-12-28(34(27)36)26-10-14-30(38(141)144)35(29)33(25)26)40(146)142(39(31)145)22-24(7-3-19-43(77,78)47(85,86)51(93,94)55(101,102)59(109,110)63(117,118)67(125,126)71(135,136)137)8-4-20-44(79,80)48(87,88)52(95,96)56(103,104)60(111,112)64(119,120)68(127,128)72(138,139)140/h9-16,23-24H,1-8,17-22H2. The van der Waals surface area contributed by atoms with Crippen LogP contribution in [0.4, 0.5) is 299 Å². The molecule has 0 unspecified atom stereocenters. The molecule has 0 fully saturated rings. The average Bonchev–Trinajstić information content (AvgIpc) is 0.695. The van der Waals surface area contributed by atoms with Crippen LogP contribution in [0.2, 0.25) is 0 Å². The third-order valence-electron chi connectivity index (χ3n) is 23.2. The Kier molecular flexibility index (Phi) is 29.9. The van der Waals surface area contributed by atoms with Crippen molar-refractivity contribution >= 4 is 66.7 Å². The predicted molar refractivity (Wildman–Crippen MR) is 344 cm³/mol. The summed E-state index contributed by atoms with van der Waals surface area (Å²) in [5.41, 5.74) is -4.55. The second-order valence-electron chi connectivity index (χ2n) is 32.5. The van der Waals surface area contributed by atoms with Gasteiger partial charge in [-0.05, 0) is 120 Å². The Labute approximate surface area is 757 Å². The lowest BCUT2D eigenvalue weighted by atomic mass is 9.81. The van der Waals surface area contributed by atoms with Gasteiger partial charge in [-0.2, -0.15) is 299 Å². The van der Waals surface area contributed by atoms with Crippen molar-refractivity contribution in [1.29, 1.82) is 0 Å². The minimum absolute atomic E-state index is 0.415. The zero-order chi connectivity index (χ0) is 115. The Bertz CT molecular complexity index is 5050. The molecule has 0 spiro atoms. The van der Waals surface area contributed by atoms with Crippen molar-refractivity contribution in [3.63, 3.8) is 0 Å². The van der Waals surface area contributed by atoms with Gasteiger partial charge in [-0.25, -0.2) is 0 Å². The fourth-order valence-electron chi connectivity index (χ4n) is 14.7. The quantitative estimate of drug-likeness (QED) is 0.0169. The van der Waals surface area contributed by atoms with Crippen molar-refractivity contribution in [2.75, 3.05) is 13.1 Å². The molecule has 0 bridgehead atoms. The molecule has 0 saturated carbocycles. The molecule has 0 aliphatic carbocycles. The van der Waals surface area contributed by atoms with Crippen LogP contribution in [0.5, 0.6) is 0 Å². The number of benzene rings is 5. The molecule has 2 aliphatic rings. The fourth-order valence-corrected chi connectivity index (χ4v) is 14.7. The van der Waals surface area contributed by atoms with Crippen molar-refractivity contribution in [1.82, 2.24) is 9.80 Å². The first-order chi connectivity index (χ1) is 63.9. The van der Waals surface area contributed by atoms with E-state index in [0.717, 1.165) is 0 Å². The number of hydrogen-bond donors (Lipinski definition) is 0. The number of amides is 4. The highest BCUT2D eigenvalue weighted by Gasteiger charge is 3.01. The van der Waals surface area contributed by atoms with Gasteiger partial charge >= 0.3 is 191 Å². The van der Waals surface area contributed by atoms with Crippen LogP contribution in [-0.2, 0) is 0 Å². The van der Waals surface area contributed by atoms with Crippen LogP contribution < -0.4 is 0 Å². The third-order valence-corrected chi connectivity index (χ3v) is 23.2. The zero-order valence-corrected chi connectivity index (χ0v) is 67.9. The molecule has 4 amide bonds. The van der Waals surface area contributed by atoms with Gasteiger partial charge in [0.15, 0.2) is 0 Å². The predicted octanol–water partition coefficient (Wildman–Crippen LogP) is 30.9. The molecule has 0 radical (unpaired) electrons. The zero-order valence-electron chi connectivity index (χ0n) is 67.9. The van der Waals surface area contributed by atoms with Gasteiger partial charge in [0, 0.05) is 71.8 Å². The molecule has 7 rings (SSSR count). The van der Waals surface area contributed by atoms with E-state index in [1.165, 1.54) is 0 Å². The fraction of sp³-hybridized carbons (Fsp3) is 0.667. The molecule has 74 heteroatoms. The summed E-state index contributed by atoms with van der Waals surface area (Å²) in [5, 5.41) is -5.22. The maximum atomic E-state index is 15.3. The van der Waals surface area contributed by atoms with Crippen LogP contribution in [0.25, 0.3) is 43.1 Å². The van der Waals surface area contributed by atoms with Crippen LogP contribution in [0.3, 0.4) is 0 Å². The van der Waals surface area contributed by atoms with Gasteiger partial charge in [-0.1, -0.05) is 24.3 Å². The Balaban J connectivity index is 1.31. The van der Waals surface area contributed by atoms with E-state index in [4.69, 9.17) is 0 Å². The van der Waals surface area contributed by atoms with Gasteiger partial charge < -0.3 is 0 Å². The minimum atomic E-state index is -9.34. The summed E-state index contributed by atoms with van der Waals surface area (Å²) in [4.78, 5) is 57.3. The summed E-state index contributed by atoms with van der Waals surface area (Å²) in [5.74, 6) is -262. The summed E-state index contributed by atoms with van der Waals surface area (Å²) in [7, 11) is 0. The highest BCUT2D eigenvalue weighted by atomic mass is 19.5. The van der Waals surface area contributed by atoms with E-state index in [1.807, 2.05) is 0 Å². The smallest absolute Gasteiger partial charge is 0.274 e. The van der Waals surface area contributed by atoms with Crippen LogP contribution in [0, 0.1) is 11.8 Å². The van der Waals surface area contributed by atoms with Gasteiger partial charge in [0.1, 0.15) is 0 Å². The van der Waals surface area contributed by atoms with Crippen molar-refractivity contribution in [3.8, 4) is 0 Å². The minimum Gasteiger partial charge on any atom is -0.274 e. The van der Waals surface area contributed by atoms with Crippen LogP contribution in [-0.4, -0.2) is 237 Å². The molecule has 2 aliphatic heterocycles. The molecule has 5 aromatic rings. The summed E-state index contributed by atoms with van der Waals surface area (Å²) >= 11 is 0. The Morgan fingerprint density at radius 2 is 0.288 bits per heavy atom. The van der Waals surface area contributed by atoms with Crippen LogP contribution in [0.15, 0.2) is 48.5 Å². The largest absolute Gasteiger partial charge is 0.460 e. The molecular weight excluding hydrogens is 2250 g/mol. The SMILES string of the molecule is O=C1c2ccc3c4ccc5c6c(ccc(c7ccc(c2c37)C(=O)N1CC(CCCC(F)(F)C(F)(F)C(F)(F)C(F)(F)C(F)(F)C(F)(F)C(F)(F)C(F)(F)F)CCCC(F)(F)C(F)(F)C(F)(F)C(F)(F)C(F)(F)C(F)(F)C(F)(F)C(F)(F)F)c64)C(=O)N(CC(CCCC(F)(F)C(F)(F)C(F)(F)C(F)(F)C(F)(F)C(F)(F)C(F)(F)C(F)(F)F)CCCC(F)(F)C(F)(F)C(F)(F)C(F)(F)C(F)(F)C(F)(F)C(F)(F)C(F)(F)F)C5=O. The molecule has 5 aromatic carbocycles. The maximum Gasteiger partial charge on any atom is 0.460 e. The Morgan fingerprint density at radius 3 is 0.418 bits per heavy atom. The van der Waals surface area contributed by atoms with Gasteiger partial charge in [0.05, 0.1) is 0 Å². The number of rotatable bonds is 44. The van der Waals surface area contributed by atoms with Crippen molar-refractivity contribution in [3.05, 3.63) is 70.8 Å². The number of fused-ring (bicyclic) bond motifs is 2. The number of alkyl halides is 68. The summed E-state index contributed by atoms with van der Waals surface area (Å²) < 4.78 is 964. The van der Waals surface area contributed by atoms with Crippen molar-refractivity contribution in [2.45, 2.75) is 268 Å². The number of carbonyl (C=O) groups excluding carboxylic acids is 4. The number of hydrogen-bond acceptors (Lipinski definition) is 4.